The second-order valence-corrected chi connectivity index (χ2v) is 3.77. The zero-order chi connectivity index (χ0) is 8.97. The van der Waals surface area contributed by atoms with Crippen molar-refractivity contribution >= 4 is 17.0 Å². The number of hydrogen-bond acceptors (Lipinski definition) is 3. The molecular weight excluding hydrogens is 170 g/mol. The zero-order valence-electron chi connectivity index (χ0n) is 7.63. The van der Waals surface area contributed by atoms with Gasteiger partial charge in [-0.15, -0.1) is 11.3 Å². The van der Waals surface area contributed by atoms with Crippen LogP contribution >= 0.6 is 11.3 Å². The van der Waals surface area contributed by atoms with Crippen molar-refractivity contribution < 1.29 is 4.84 Å². The number of rotatable bonds is 3. The molecule has 0 bridgehead atoms. The Morgan fingerprint density at radius 3 is 2.75 bits per heavy atom. The fourth-order valence-corrected chi connectivity index (χ4v) is 1.90. The van der Waals surface area contributed by atoms with Gasteiger partial charge in [-0.1, -0.05) is 12.1 Å². The van der Waals surface area contributed by atoms with Crippen LogP contribution in [0.1, 0.15) is 23.1 Å². The molecule has 0 saturated carbocycles. The number of oxime groups is 1. The maximum atomic E-state index is 4.75. The Hall–Kier alpha value is -0.830. The van der Waals surface area contributed by atoms with E-state index in [1.54, 1.807) is 18.4 Å². The van der Waals surface area contributed by atoms with Crippen molar-refractivity contribution in [3.8, 4) is 0 Å². The molecule has 0 amide bonds. The fourth-order valence-electron chi connectivity index (χ4n) is 0.984. The third kappa shape index (κ3) is 2.08. The molecule has 0 atom stereocenters. The quantitative estimate of drug-likeness (QED) is 0.521. The number of aryl methyl sites for hydroxylation is 1. The first-order valence-electron chi connectivity index (χ1n) is 3.94. The van der Waals surface area contributed by atoms with E-state index in [0.29, 0.717) is 0 Å². The number of hydrogen-bond donors (Lipinski definition) is 0. The Labute approximate surface area is 76.9 Å². The Kier molecular flexibility index (Phi) is 3.29. The predicted molar refractivity (Wildman–Crippen MR) is 52.9 cm³/mol. The van der Waals surface area contributed by atoms with Crippen molar-refractivity contribution in [1.29, 1.82) is 0 Å². The van der Waals surface area contributed by atoms with Crippen LogP contribution in [0, 0.1) is 6.92 Å². The molecule has 0 radical (unpaired) electrons. The van der Waals surface area contributed by atoms with Gasteiger partial charge in [-0.05, 0) is 25.5 Å². The van der Waals surface area contributed by atoms with E-state index < -0.39 is 0 Å². The molecule has 1 rings (SSSR count). The average Bonchev–Trinajstić information content (AvgIpc) is 2.47. The standard InChI is InChI=1S/C9H13NOS/c1-4-8(10-11-3)9-6-5-7(2)12-9/h5-6H,4H2,1-3H3/b10-8+. The first kappa shape index (κ1) is 9.26. The molecule has 3 heteroatoms. The van der Waals surface area contributed by atoms with Gasteiger partial charge in [-0.2, -0.15) is 0 Å². The normalized spacial score (nSPS) is 11.8. The van der Waals surface area contributed by atoms with E-state index in [2.05, 4.69) is 31.1 Å². The molecule has 1 aromatic heterocycles. The van der Waals surface area contributed by atoms with Gasteiger partial charge in [0, 0.05) is 4.88 Å². The predicted octanol–water partition coefficient (Wildman–Crippen LogP) is 2.82. The SMILES string of the molecule is CC/C(=N\OC)c1ccc(C)s1. The van der Waals surface area contributed by atoms with Gasteiger partial charge in [0.15, 0.2) is 0 Å². The van der Waals surface area contributed by atoms with E-state index in [9.17, 15) is 0 Å². The summed E-state index contributed by atoms with van der Waals surface area (Å²) in [6.07, 6.45) is 0.911. The van der Waals surface area contributed by atoms with Gasteiger partial charge in [0.2, 0.25) is 0 Å². The highest BCUT2D eigenvalue weighted by Gasteiger charge is 2.03. The van der Waals surface area contributed by atoms with Crippen molar-refractivity contribution in [1.82, 2.24) is 0 Å². The molecule has 0 aromatic carbocycles. The van der Waals surface area contributed by atoms with E-state index >= 15 is 0 Å². The minimum Gasteiger partial charge on any atom is -0.399 e. The van der Waals surface area contributed by atoms with Gasteiger partial charge in [0.25, 0.3) is 0 Å². The van der Waals surface area contributed by atoms with E-state index in [0.717, 1.165) is 12.1 Å². The van der Waals surface area contributed by atoms with Crippen LogP contribution in [0.5, 0.6) is 0 Å². The molecule has 0 aliphatic heterocycles. The summed E-state index contributed by atoms with van der Waals surface area (Å²) in [6.45, 7) is 4.17. The lowest BCUT2D eigenvalue weighted by Gasteiger charge is -1.97. The maximum Gasteiger partial charge on any atom is 0.106 e. The lowest BCUT2D eigenvalue weighted by Crippen LogP contribution is -1.95. The third-order valence-corrected chi connectivity index (χ3v) is 2.61. The van der Waals surface area contributed by atoms with Gasteiger partial charge in [0.05, 0.1) is 10.6 Å². The van der Waals surface area contributed by atoms with Crippen LogP contribution in [0.25, 0.3) is 0 Å². The first-order valence-corrected chi connectivity index (χ1v) is 4.76. The summed E-state index contributed by atoms with van der Waals surface area (Å²) in [5.74, 6) is 0. The van der Waals surface area contributed by atoms with Crippen molar-refractivity contribution in [3.63, 3.8) is 0 Å². The van der Waals surface area contributed by atoms with E-state index in [4.69, 9.17) is 4.84 Å². The molecule has 0 aliphatic rings. The largest absolute Gasteiger partial charge is 0.399 e. The molecule has 0 aliphatic carbocycles. The minimum absolute atomic E-state index is 0.911. The molecular formula is C9H13NOS. The highest BCUT2D eigenvalue weighted by molar-refractivity contribution is 7.14. The van der Waals surface area contributed by atoms with Gasteiger partial charge < -0.3 is 4.84 Å². The molecule has 0 spiro atoms. The van der Waals surface area contributed by atoms with Crippen LogP contribution in [0.3, 0.4) is 0 Å². The van der Waals surface area contributed by atoms with E-state index in [1.165, 1.54) is 9.75 Å². The molecule has 66 valence electrons. The summed E-state index contributed by atoms with van der Waals surface area (Å²) in [4.78, 5) is 7.27. The van der Waals surface area contributed by atoms with Crippen molar-refractivity contribution in [3.05, 3.63) is 21.9 Å². The maximum absolute atomic E-state index is 4.75. The monoisotopic (exact) mass is 183 g/mol. The highest BCUT2D eigenvalue weighted by Crippen LogP contribution is 2.17. The second kappa shape index (κ2) is 4.26. The minimum atomic E-state index is 0.911. The van der Waals surface area contributed by atoms with E-state index in [-0.39, 0.29) is 0 Å². The molecule has 12 heavy (non-hydrogen) atoms. The summed E-state index contributed by atoms with van der Waals surface area (Å²) in [5.41, 5.74) is 1.02. The fraction of sp³-hybridized carbons (Fsp3) is 0.444. The average molecular weight is 183 g/mol. The smallest absolute Gasteiger partial charge is 0.106 e. The molecule has 0 fully saturated rings. The summed E-state index contributed by atoms with van der Waals surface area (Å²) in [6, 6.07) is 4.18. The number of nitrogens with zero attached hydrogens (tertiary/aromatic N) is 1. The van der Waals surface area contributed by atoms with E-state index in [1.807, 2.05) is 0 Å². The topological polar surface area (TPSA) is 21.6 Å². The zero-order valence-corrected chi connectivity index (χ0v) is 8.44. The molecule has 0 unspecified atom stereocenters. The van der Waals surface area contributed by atoms with Crippen molar-refractivity contribution in [2.45, 2.75) is 20.3 Å². The van der Waals surface area contributed by atoms with Crippen molar-refractivity contribution in [2.24, 2.45) is 5.16 Å². The Morgan fingerprint density at radius 1 is 1.58 bits per heavy atom. The summed E-state index contributed by atoms with van der Waals surface area (Å²) in [5, 5.41) is 3.95. The van der Waals surface area contributed by atoms with Crippen LogP contribution in [0.2, 0.25) is 0 Å². The highest BCUT2D eigenvalue weighted by atomic mass is 32.1. The van der Waals surface area contributed by atoms with Gasteiger partial charge >= 0.3 is 0 Å². The van der Waals surface area contributed by atoms with Crippen LogP contribution in [-0.2, 0) is 4.84 Å². The van der Waals surface area contributed by atoms with Gasteiger partial charge in [-0.25, -0.2) is 0 Å². The molecule has 2 nitrogen and oxygen atoms in total. The van der Waals surface area contributed by atoms with Crippen LogP contribution in [-0.4, -0.2) is 12.8 Å². The van der Waals surface area contributed by atoms with Crippen LogP contribution < -0.4 is 0 Å². The van der Waals surface area contributed by atoms with Crippen molar-refractivity contribution in [2.75, 3.05) is 7.11 Å². The lowest BCUT2D eigenvalue weighted by atomic mass is 10.2. The molecule has 1 heterocycles. The molecule has 0 N–H and O–H groups in total. The van der Waals surface area contributed by atoms with Crippen LogP contribution in [0.4, 0.5) is 0 Å². The Balaban J connectivity index is 2.87. The van der Waals surface area contributed by atoms with Crippen LogP contribution in [0.15, 0.2) is 17.3 Å². The molecule has 0 saturated heterocycles. The Bertz CT molecular complexity index is 278. The lowest BCUT2D eigenvalue weighted by molar-refractivity contribution is 0.213. The number of thiophene rings is 1. The second-order valence-electron chi connectivity index (χ2n) is 2.48. The summed E-state index contributed by atoms with van der Waals surface area (Å²) >= 11 is 1.75. The Morgan fingerprint density at radius 2 is 2.33 bits per heavy atom. The molecule has 1 aromatic rings. The summed E-state index contributed by atoms with van der Waals surface area (Å²) < 4.78 is 0. The van der Waals surface area contributed by atoms with Gasteiger partial charge in [-0.3, -0.25) is 0 Å². The summed E-state index contributed by atoms with van der Waals surface area (Å²) in [7, 11) is 1.58. The third-order valence-electron chi connectivity index (χ3n) is 1.56. The van der Waals surface area contributed by atoms with Gasteiger partial charge in [0.1, 0.15) is 7.11 Å². The first-order chi connectivity index (χ1) is 5.77.